The summed E-state index contributed by atoms with van der Waals surface area (Å²) in [5, 5.41) is 19.7. The van der Waals surface area contributed by atoms with Crippen LogP contribution in [0.5, 0.6) is 0 Å². The molecular weight excluding hydrogens is 256 g/mol. The fraction of sp³-hybridized carbons (Fsp3) is 0.714. The summed E-state index contributed by atoms with van der Waals surface area (Å²) in [6.45, 7) is 6.07. The highest BCUT2D eigenvalue weighted by Crippen LogP contribution is 2.20. The molecule has 1 aliphatic carbocycles. The predicted molar refractivity (Wildman–Crippen MR) is 77.6 cm³/mol. The molecular formula is C14H24N4O2. The van der Waals surface area contributed by atoms with Gasteiger partial charge in [0.15, 0.2) is 0 Å². The Balaban J connectivity index is 1.96. The van der Waals surface area contributed by atoms with E-state index in [4.69, 9.17) is 0 Å². The molecule has 1 saturated carbocycles. The third-order valence-electron chi connectivity index (χ3n) is 3.57. The van der Waals surface area contributed by atoms with Crippen molar-refractivity contribution < 1.29 is 9.90 Å². The lowest BCUT2D eigenvalue weighted by molar-refractivity contribution is 0.0955. The van der Waals surface area contributed by atoms with Gasteiger partial charge in [-0.15, -0.1) is 0 Å². The second kappa shape index (κ2) is 5.83. The quantitative estimate of drug-likeness (QED) is 0.776. The van der Waals surface area contributed by atoms with Crippen molar-refractivity contribution in [1.29, 1.82) is 0 Å². The van der Waals surface area contributed by atoms with Crippen LogP contribution < -0.4 is 10.6 Å². The number of nitrogens with one attached hydrogen (secondary N) is 2. The van der Waals surface area contributed by atoms with E-state index >= 15 is 0 Å². The highest BCUT2D eigenvalue weighted by Gasteiger charge is 2.25. The Morgan fingerprint density at radius 2 is 2.10 bits per heavy atom. The lowest BCUT2D eigenvalue weighted by Crippen LogP contribution is -2.47. The van der Waals surface area contributed by atoms with Gasteiger partial charge < -0.3 is 10.4 Å². The number of carbonyl (C=O) groups is 1. The Kier molecular flexibility index (Phi) is 4.32. The number of nitrogens with zero attached hydrogens (tertiary/aromatic N) is 2. The van der Waals surface area contributed by atoms with E-state index in [2.05, 4.69) is 15.7 Å². The standard InChI is InChI=1S/C14H24N4O2/c1-14(2,3)18-12(8-9-15-18)17-13(20)16-10-6-4-5-7-11(10)19/h8-11,19H,4-7H2,1-3H3,(H2,16,17,20)/t10-,11+/m1/s1. The first-order chi connectivity index (χ1) is 9.38. The summed E-state index contributed by atoms with van der Waals surface area (Å²) >= 11 is 0. The summed E-state index contributed by atoms with van der Waals surface area (Å²) in [4.78, 5) is 12.0. The number of rotatable bonds is 2. The maximum absolute atomic E-state index is 12.0. The Morgan fingerprint density at radius 1 is 1.40 bits per heavy atom. The largest absolute Gasteiger partial charge is 0.391 e. The Bertz CT molecular complexity index is 464. The number of hydrogen-bond acceptors (Lipinski definition) is 3. The molecule has 1 heterocycles. The summed E-state index contributed by atoms with van der Waals surface area (Å²) in [7, 11) is 0. The SMILES string of the molecule is CC(C)(C)n1nccc1NC(=O)N[C@@H]1CCCC[C@@H]1O. The zero-order valence-corrected chi connectivity index (χ0v) is 12.4. The molecule has 0 unspecified atom stereocenters. The van der Waals surface area contributed by atoms with Crippen LogP contribution in [-0.4, -0.2) is 33.1 Å². The molecule has 2 amide bonds. The zero-order valence-electron chi connectivity index (χ0n) is 12.4. The molecule has 1 aromatic rings. The van der Waals surface area contributed by atoms with Gasteiger partial charge in [-0.05, 0) is 33.6 Å². The molecule has 2 rings (SSSR count). The van der Waals surface area contributed by atoms with Crippen LogP contribution in [0.25, 0.3) is 0 Å². The minimum Gasteiger partial charge on any atom is -0.391 e. The van der Waals surface area contributed by atoms with E-state index in [-0.39, 0.29) is 17.6 Å². The van der Waals surface area contributed by atoms with Gasteiger partial charge in [0.25, 0.3) is 0 Å². The van der Waals surface area contributed by atoms with E-state index < -0.39 is 6.10 Å². The van der Waals surface area contributed by atoms with Crippen LogP contribution in [0.4, 0.5) is 10.6 Å². The average Bonchev–Trinajstić information content (AvgIpc) is 2.80. The first-order valence-electron chi connectivity index (χ1n) is 7.18. The van der Waals surface area contributed by atoms with Gasteiger partial charge in [-0.1, -0.05) is 12.8 Å². The van der Waals surface area contributed by atoms with E-state index in [1.54, 1.807) is 16.9 Å². The van der Waals surface area contributed by atoms with Gasteiger partial charge >= 0.3 is 6.03 Å². The Labute approximate surface area is 119 Å². The third kappa shape index (κ3) is 3.50. The monoisotopic (exact) mass is 280 g/mol. The van der Waals surface area contributed by atoms with Crippen molar-refractivity contribution in [1.82, 2.24) is 15.1 Å². The molecule has 2 atom stereocenters. The van der Waals surface area contributed by atoms with Gasteiger partial charge in [0, 0.05) is 6.07 Å². The maximum atomic E-state index is 12.0. The number of amides is 2. The smallest absolute Gasteiger partial charge is 0.320 e. The molecule has 20 heavy (non-hydrogen) atoms. The van der Waals surface area contributed by atoms with Gasteiger partial charge in [-0.2, -0.15) is 5.10 Å². The number of aliphatic hydroxyl groups is 1. The molecule has 1 aliphatic rings. The van der Waals surface area contributed by atoms with Crippen LogP contribution in [-0.2, 0) is 5.54 Å². The molecule has 0 aromatic carbocycles. The molecule has 0 radical (unpaired) electrons. The Hall–Kier alpha value is -1.56. The Morgan fingerprint density at radius 3 is 2.75 bits per heavy atom. The molecule has 6 nitrogen and oxygen atoms in total. The molecule has 1 aromatic heterocycles. The normalized spacial score (nSPS) is 23.4. The fourth-order valence-corrected chi connectivity index (χ4v) is 2.53. The number of aromatic nitrogens is 2. The van der Waals surface area contributed by atoms with Crippen LogP contribution >= 0.6 is 0 Å². The molecule has 0 aliphatic heterocycles. The summed E-state index contributed by atoms with van der Waals surface area (Å²) in [5.74, 6) is 0.653. The first-order valence-corrected chi connectivity index (χ1v) is 7.18. The van der Waals surface area contributed by atoms with E-state index in [0.717, 1.165) is 25.7 Å². The van der Waals surface area contributed by atoms with E-state index in [0.29, 0.717) is 5.82 Å². The summed E-state index contributed by atoms with van der Waals surface area (Å²) in [5.41, 5.74) is -0.198. The second-order valence-electron chi connectivity index (χ2n) is 6.36. The van der Waals surface area contributed by atoms with Crippen LogP contribution in [0.1, 0.15) is 46.5 Å². The maximum Gasteiger partial charge on any atom is 0.320 e. The molecule has 0 saturated heterocycles. The van der Waals surface area contributed by atoms with Crippen LogP contribution in [0.15, 0.2) is 12.3 Å². The van der Waals surface area contributed by atoms with Crippen molar-refractivity contribution in [3.63, 3.8) is 0 Å². The molecule has 1 fully saturated rings. The zero-order chi connectivity index (χ0) is 14.8. The number of hydrogen-bond donors (Lipinski definition) is 3. The van der Waals surface area contributed by atoms with Crippen molar-refractivity contribution in [3.8, 4) is 0 Å². The topological polar surface area (TPSA) is 79.2 Å². The minimum absolute atomic E-state index is 0.158. The summed E-state index contributed by atoms with van der Waals surface area (Å²) in [6.07, 6.45) is 4.87. The number of carbonyl (C=O) groups excluding carboxylic acids is 1. The predicted octanol–water partition coefficient (Wildman–Crippen LogP) is 2.06. The van der Waals surface area contributed by atoms with Crippen molar-refractivity contribution in [2.45, 2.75) is 64.1 Å². The van der Waals surface area contributed by atoms with Crippen molar-refractivity contribution in [3.05, 3.63) is 12.3 Å². The molecule has 6 heteroatoms. The van der Waals surface area contributed by atoms with Gasteiger partial charge in [-0.25, -0.2) is 9.48 Å². The number of aliphatic hydroxyl groups excluding tert-OH is 1. The van der Waals surface area contributed by atoms with Crippen LogP contribution in [0.2, 0.25) is 0 Å². The highest BCUT2D eigenvalue weighted by molar-refractivity contribution is 5.88. The van der Waals surface area contributed by atoms with Crippen LogP contribution in [0.3, 0.4) is 0 Å². The van der Waals surface area contributed by atoms with Gasteiger partial charge in [0.05, 0.1) is 23.9 Å². The summed E-state index contributed by atoms with van der Waals surface area (Å²) < 4.78 is 1.77. The summed E-state index contributed by atoms with van der Waals surface area (Å²) in [6, 6.07) is 1.32. The number of urea groups is 1. The molecule has 3 N–H and O–H groups in total. The van der Waals surface area contributed by atoms with Crippen LogP contribution in [0, 0.1) is 0 Å². The second-order valence-corrected chi connectivity index (χ2v) is 6.36. The lowest BCUT2D eigenvalue weighted by atomic mass is 9.93. The van der Waals surface area contributed by atoms with Gasteiger partial charge in [0.2, 0.25) is 0 Å². The average molecular weight is 280 g/mol. The first kappa shape index (κ1) is 14.8. The number of anilines is 1. The third-order valence-corrected chi connectivity index (χ3v) is 3.57. The van der Waals surface area contributed by atoms with E-state index in [9.17, 15) is 9.90 Å². The van der Waals surface area contributed by atoms with Crippen molar-refractivity contribution in [2.75, 3.05) is 5.32 Å². The van der Waals surface area contributed by atoms with Crippen molar-refractivity contribution >= 4 is 11.8 Å². The minimum atomic E-state index is -0.443. The van der Waals surface area contributed by atoms with Gasteiger partial charge in [0.1, 0.15) is 5.82 Å². The lowest BCUT2D eigenvalue weighted by Gasteiger charge is -2.28. The molecule has 0 spiro atoms. The van der Waals surface area contributed by atoms with E-state index in [1.165, 1.54) is 0 Å². The van der Waals surface area contributed by atoms with Gasteiger partial charge in [-0.3, -0.25) is 5.32 Å². The fourth-order valence-electron chi connectivity index (χ4n) is 2.53. The van der Waals surface area contributed by atoms with Crippen molar-refractivity contribution in [2.24, 2.45) is 0 Å². The molecule has 112 valence electrons. The highest BCUT2D eigenvalue weighted by atomic mass is 16.3. The van der Waals surface area contributed by atoms with E-state index in [1.807, 2.05) is 20.8 Å². The molecule has 0 bridgehead atoms.